The van der Waals surface area contributed by atoms with Gasteiger partial charge < -0.3 is 5.32 Å². The van der Waals surface area contributed by atoms with Gasteiger partial charge in [0.2, 0.25) is 0 Å². The van der Waals surface area contributed by atoms with Crippen molar-refractivity contribution in [3.05, 3.63) is 27.8 Å². The fourth-order valence-electron chi connectivity index (χ4n) is 2.06. The van der Waals surface area contributed by atoms with Crippen molar-refractivity contribution in [3.63, 3.8) is 0 Å². The molecule has 2 rings (SSSR count). The third-order valence-electron chi connectivity index (χ3n) is 3.54. The van der Waals surface area contributed by atoms with Gasteiger partial charge in [0.15, 0.2) is 0 Å². The lowest BCUT2D eigenvalue weighted by Gasteiger charge is -2.15. The smallest absolute Gasteiger partial charge is 0.320 e. The summed E-state index contributed by atoms with van der Waals surface area (Å²) in [5, 5.41) is 13.0. The lowest BCUT2D eigenvalue weighted by Crippen LogP contribution is -2.31. The van der Waals surface area contributed by atoms with E-state index in [-0.39, 0.29) is 17.5 Å². The number of aryl methyl sites for hydroxylation is 2. The first-order chi connectivity index (χ1) is 10.7. The van der Waals surface area contributed by atoms with Gasteiger partial charge in [-0.2, -0.15) is 5.10 Å². The summed E-state index contributed by atoms with van der Waals surface area (Å²) in [5.74, 6) is 0.682. The molecule has 0 spiro atoms. The van der Waals surface area contributed by atoms with Crippen molar-refractivity contribution in [2.75, 3.05) is 5.32 Å². The Morgan fingerprint density at radius 3 is 2.65 bits per heavy atom. The summed E-state index contributed by atoms with van der Waals surface area (Å²) in [6.45, 7) is 10.4. The van der Waals surface area contributed by atoms with E-state index in [0.29, 0.717) is 5.82 Å². The second kappa shape index (κ2) is 6.70. The van der Waals surface area contributed by atoms with Crippen LogP contribution in [0.5, 0.6) is 0 Å². The SMILES string of the molecule is CCc1cc(NC(=O)NC(C)c2nc(C(C)(C)C)cs2)n(C)n1. The first-order valence-corrected chi connectivity index (χ1v) is 8.65. The molecular weight excluding hydrogens is 310 g/mol. The van der Waals surface area contributed by atoms with E-state index in [4.69, 9.17) is 0 Å². The molecule has 126 valence electrons. The predicted molar refractivity (Wildman–Crippen MR) is 94.0 cm³/mol. The van der Waals surface area contributed by atoms with Gasteiger partial charge in [0.1, 0.15) is 10.8 Å². The Hall–Kier alpha value is -1.89. The van der Waals surface area contributed by atoms with E-state index in [1.165, 1.54) is 0 Å². The maximum absolute atomic E-state index is 12.2. The molecule has 2 N–H and O–H groups in total. The zero-order chi connectivity index (χ0) is 17.2. The summed E-state index contributed by atoms with van der Waals surface area (Å²) in [7, 11) is 1.81. The number of anilines is 1. The monoisotopic (exact) mass is 335 g/mol. The Bertz CT molecular complexity index is 683. The van der Waals surface area contributed by atoms with Gasteiger partial charge >= 0.3 is 6.03 Å². The van der Waals surface area contributed by atoms with Crippen molar-refractivity contribution >= 4 is 23.2 Å². The topological polar surface area (TPSA) is 71.8 Å². The molecule has 2 heterocycles. The van der Waals surface area contributed by atoms with E-state index in [9.17, 15) is 4.79 Å². The number of carbonyl (C=O) groups excluding carboxylic acids is 1. The molecule has 2 aromatic rings. The maximum Gasteiger partial charge on any atom is 0.320 e. The van der Waals surface area contributed by atoms with E-state index in [0.717, 1.165) is 22.8 Å². The maximum atomic E-state index is 12.2. The Kier molecular flexibility index (Phi) is 5.09. The van der Waals surface area contributed by atoms with Crippen LogP contribution in [-0.2, 0) is 18.9 Å². The molecule has 0 saturated heterocycles. The van der Waals surface area contributed by atoms with E-state index in [1.54, 1.807) is 16.0 Å². The fourth-order valence-corrected chi connectivity index (χ4v) is 3.11. The van der Waals surface area contributed by atoms with Crippen LogP contribution in [0.3, 0.4) is 0 Å². The van der Waals surface area contributed by atoms with Crippen molar-refractivity contribution in [3.8, 4) is 0 Å². The second-order valence-electron chi connectivity index (χ2n) is 6.64. The van der Waals surface area contributed by atoms with Crippen LogP contribution in [0.1, 0.15) is 57.1 Å². The van der Waals surface area contributed by atoms with Crippen molar-refractivity contribution < 1.29 is 4.79 Å². The van der Waals surface area contributed by atoms with Crippen LogP contribution in [0.2, 0.25) is 0 Å². The number of carbonyl (C=O) groups is 1. The number of nitrogens with one attached hydrogen (secondary N) is 2. The summed E-state index contributed by atoms with van der Waals surface area (Å²) >= 11 is 1.57. The lowest BCUT2D eigenvalue weighted by molar-refractivity contribution is 0.249. The number of nitrogens with zero attached hydrogens (tertiary/aromatic N) is 3. The van der Waals surface area contributed by atoms with Crippen LogP contribution in [0.25, 0.3) is 0 Å². The van der Waals surface area contributed by atoms with Crippen LogP contribution >= 0.6 is 11.3 Å². The lowest BCUT2D eigenvalue weighted by atomic mass is 9.93. The first-order valence-electron chi connectivity index (χ1n) is 7.77. The average Bonchev–Trinajstić information content (AvgIpc) is 3.06. The molecule has 1 unspecified atom stereocenters. The van der Waals surface area contributed by atoms with Gasteiger partial charge in [-0.1, -0.05) is 27.7 Å². The highest BCUT2D eigenvalue weighted by Gasteiger charge is 2.20. The number of hydrogen-bond donors (Lipinski definition) is 2. The van der Waals surface area contributed by atoms with Gasteiger partial charge in [-0.05, 0) is 13.3 Å². The molecule has 0 bridgehead atoms. The van der Waals surface area contributed by atoms with Crippen LogP contribution in [0, 0.1) is 0 Å². The molecule has 6 nitrogen and oxygen atoms in total. The number of rotatable bonds is 4. The van der Waals surface area contributed by atoms with Gasteiger partial charge in [-0.3, -0.25) is 10.00 Å². The van der Waals surface area contributed by atoms with Gasteiger partial charge in [0, 0.05) is 23.9 Å². The summed E-state index contributed by atoms with van der Waals surface area (Å²) in [5.41, 5.74) is 2.01. The quantitative estimate of drug-likeness (QED) is 0.896. The summed E-state index contributed by atoms with van der Waals surface area (Å²) < 4.78 is 1.67. The molecule has 7 heteroatoms. The first kappa shape index (κ1) is 17.5. The van der Waals surface area contributed by atoms with Gasteiger partial charge in [-0.25, -0.2) is 9.78 Å². The Balaban J connectivity index is 1.99. The van der Waals surface area contributed by atoms with Crippen LogP contribution in [-0.4, -0.2) is 20.8 Å². The van der Waals surface area contributed by atoms with E-state index < -0.39 is 0 Å². The molecule has 0 fully saturated rings. The molecule has 1 atom stereocenters. The predicted octanol–water partition coefficient (Wildman–Crippen LogP) is 3.62. The van der Waals surface area contributed by atoms with Crippen molar-refractivity contribution in [2.24, 2.45) is 7.05 Å². The van der Waals surface area contributed by atoms with Gasteiger partial charge in [0.05, 0.1) is 17.4 Å². The number of aromatic nitrogens is 3. The summed E-state index contributed by atoms with van der Waals surface area (Å²) in [6, 6.07) is 1.48. The number of hydrogen-bond acceptors (Lipinski definition) is 4. The third kappa shape index (κ3) is 4.31. The highest BCUT2D eigenvalue weighted by Crippen LogP contribution is 2.26. The molecule has 23 heavy (non-hydrogen) atoms. The molecule has 0 aromatic carbocycles. The third-order valence-corrected chi connectivity index (χ3v) is 4.57. The largest absolute Gasteiger partial charge is 0.329 e. The second-order valence-corrected chi connectivity index (χ2v) is 7.53. The molecule has 0 aliphatic rings. The van der Waals surface area contributed by atoms with Gasteiger partial charge in [-0.15, -0.1) is 11.3 Å². The van der Waals surface area contributed by atoms with Crippen molar-refractivity contribution in [1.82, 2.24) is 20.1 Å². The van der Waals surface area contributed by atoms with E-state index >= 15 is 0 Å². The molecule has 0 radical (unpaired) electrons. The molecule has 0 aliphatic heterocycles. The molecular formula is C16H25N5OS. The summed E-state index contributed by atoms with van der Waals surface area (Å²) in [6.07, 6.45) is 0.836. The molecule has 0 saturated carbocycles. The number of thiazole rings is 1. The van der Waals surface area contributed by atoms with E-state index in [2.05, 4.69) is 46.9 Å². The minimum Gasteiger partial charge on any atom is -0.329 e. The van der Waals surface area contributed by atoms with Gasteiger partial charge in [0.25, 0.3) is 0 Å². The highest BCUT2D eigenvalue weighted by atomic mass is 32.1. The Morgan fingerprint density at radius 2 is 2.13 bits per heavy atom. The zero-order valence-electron chi connectivity index (χ0n) is 14.6. The average molecular weight is 335 g/mol. The highest BCUT2D eigenvalue weighted by molar-refractivity contribution is 7.09. The minimum absolute atomic E-state index is 0.0159. The normalized spacial score (nSPS) is 13.0. The van der Waals surface area contributed by atoms with Crippen LogP contribution in [0.4, 0.5) is 10.6 Å². The standard InChI is InChI=1S/C16H25N5OS/c1-7-11-8-13(21(6)20-11)19-15(22)17-10(2)14-18-12(9-23-14)16(3,4)5/h8-10H,7H2,1-6H3,(H2,17,19,22). The minimum atomic E-state index is -0.254. The van der Waals surface area contributed by atoms with E-state index in [1.807, 2.05) is 27.0 Å². The zero-order valence-corrected chi connectivity index (χ0v) is 15.4. The Morgan fingerprint density at radius 1 is 1.43 bits per heavy atom. The van der Waals surface area contributed by atoms with Crippen molar-refractivity contribution in [2.45, 2.75) is 52.5 Å². The number of urea groups is 1. The fraction of sp³-hybridized carbons (Fsp3) is 0.562. The Labute approximate surface area is 141 Å². The molecule has 2 aromatic heterocycles. The van der Waals surface area contributed by atoms with Crippen molar-refractivity contribution in [1.29, 1.82) is 0 Å². The molecule has 0 aliphatic carbocycles. The summed E-state index contributed by atoms with van der Waals surface area (Å²) in [4.78, 5) is 16.8. The molecule has 2 amide bonds. The number of amides is 2. The van der Waals surface area contributed by atoms with Crippen LogP contribution in [0.15, 0.2) is 11.4 Å². The van der Waals surface area contributed by atoms with Crippen LogP contribution < -0.4 is 10.6 Å².